The van der Waals surface area contributed by atoms with Crippen LogP contribution in [0.3, 0.4) is 0 Å². The molecule has 1 heterocycles. The van der Waals surface area contributed by atoms with Gasteiger partial charge in [-0.15, -0.1) is 0 Å². The molecule has 3 aromatic rings. The van der Waals surface area contributed by atoms with Crippen molar-refractivity contribution < 1.29 is 19.8 Å². The fourth-order valence-electron chi connectivity index (χ4n) is 2.60. The third kappa shape index (κ3) is 2.03. The summed E-state index contributed by atoms with van der Waals surface area (Å²) < 4.78 is 0. The van der Waals surface area contributed by atoms with Gasteiger partial charge in [-0.1, -0.05) is 13.0 Å². The van der Waals surface area contributed by atoms with E-state index in [0.29, 0.717) is 17.2 Å². The number of fused-ring (bicyclic) bond motifs is 3. The average molecular weight is 281 g/mol. The molecule has 0 aliphatic rings. The predicted molar refractivity (Wildman–Crippen MR) is 73.8 cm³/mol. The molecule has 0 saturated heterocycles. The molecular weight excluding hydrogens is 270 g/mol. The predicted octanol–water partition coefficient (Wildman–Crippen LogP) is 0.610. The maximum atomic E-state index is 11.1. The summed E-state index contributed by atoms with van der Waals surface area (Å²) in [6.45, 7) is 1.92. The smallest absolute Gasteiger partial charge is 0.0715 e. The van der Waals surface area contributed by atoms with E-state index in [0.717, 1.165) is 16.6 Å². The number of carbonyl (C=O) groups excluding carboxylic acids is 2. The summed E-state index contributed by atoms with van der Waals surface area (Å²) >= 11 is 0. The molecule has 0 unspecified atom stereocenters. The number of aryl methyl sites for hydroxylation is 1. The number of aromatic nitrogens is 1. The van der Waals surface area contributed by atoms with Crippen molar-refractivity contribution in [3.8, 4) is 0 Å². The lowest BCUT2D eigenvalue weighted by atomic mass is 10.0. The van der Waals surface area contributed by atoms with Crippen molar-refractivity contribution >= 4 is 33.7 Å². The molecule has 1 aromatic heterocycles. The molecule has 21 heavy (non-hydrogen) atoms. The van der Waals surface area contributed by atoms with E-state index in [1.165, 1.54) is 18.2 Å². The number of nitrogens with one attached hydrogen (secondary N) is 1. The molecule has 0 spiro atoms. The topological polar surface area (TPSA) is 96.0 Å². The van der Waals surface area contributed by atoms with Crippen LogP contribution in [0.2, 0.25) is 0 Å². The minimum Gasteiger partial charge on any atom is -0.545 e. The molecule has 106 valence electrons. The highest BCUT2D eigenvalue weighted by atomic mass is 16.4. The second kappa shape index (κ2) is 4.63. The van der Waals surface area contributed by atoms with Crippen LogP contribution in [0.4, 0.5) is 0 Å². The van der Waals surface area contributed by atoms with Crippen molar-refractivity contribution in [1.29, 1.82) is 0 Å². The Morgan fingerprint density at radius 1 is 1.00 bits per heavy atom. The fourth-order valence-corrected chi connectivity index (χ4v) is 2.60. The fraction of sp³-hybridized carbons (Fsp3) is 0.125. The van der Waals surface area contributed by atoms with Crippen LogP contribution >= 0.6 is 0 Å². The molecule has 5 nitrogen and oxygen atoms in total. The van der Waals surface area contributed by atoms with Crippen LogP contribution in [0.15, 0.2) is 30.3 Å². The Kier molecular flexibility index (Phi) is 2.90. The van der Waals surface area contributed by atoms with Gasteiger partial charge in [0.2, 0.25) is 0 Å². The van der Waals surface area contributed by atoms with Gasteiger partial charge in [0.1, 0.15) is 0 Å². The summed E-state index contributed by atoms with van der Waals surface area (Å²) in [6, 6.07) is 7.67. The first-order valence-electron chi connectivity index (χ1n) is 6.52. The van der Waals surface area contributed by atoms with E-state index >= 15 is 0 Å². The van der Waals surface area contributed by atoms with Crippen LogP contribution < -0.4 is 10.2 Å². The molecule has 0 aliphatic heterocycles. The molecular formula is C16H11NO4-2. The minimum absolute atomic E-state index is 0.0558. The van der Waals surface area contributed by atoms with Gasteiger partial charge in [0, 0.05) is 21.8 Å². The van der Waals surface area contributed by atoms with Gasteiger partial charge in [0.15, 0.2) is 0 Å². The second-order valence-electron chi connectivity index (χ2n) is 4.87. The number of rotatable bonds is 3. The Morgan fingerprint density at radius 3 is 2.29 bits per heavy atom. The van der Waals surface area contributed by atoms with Crippen molar-refractivity contribution in [3.63, 3.8) is 0 Å². The molecule has 0 atom stereocenters. The van der Waals surface area contributed by atoms with E-state index in [1.807, 2.05) is 6.92 Å². The first kappa shape index (κ1) is 13.2. The highest BCUT2D eigenvalue weighted by molar-refractivity contribution is 6.11. The van der Waals surface area contributed by atoms with E-state index in [9.17, 15) is 19.8 Å². The van der Waals surface area contributed by atoms with Gasteiger partial charge in [-0.3, -0.25) is 0 Å². The minimum atomic E-state index is -1.27. The summed E-state index contributed by atoms with van der Waals surface area (Å²) in [7, 11) is 0. The lowest BCUT2D eigenvalue weighted by Gasteiger charge is -2.07. The van der Waals surface area contributed by atoms with E-state index in [-0.39, 0.29) is 11.1 Å². The largest absolute Gasteiger partial charge is 0.545 e. The highest BCUT2D eigenvalue weighted by Crippen LogP contribution is 2.30. The monoisotopic (exact) mass is 281 g/mol. The zero-order chi connectivity index (χ0) is 15.1. The molecule has 0 amide bonds. The summed E-state index contributed by atoms with van der Waals surface area (Å²) in [5.74, 6) is -2.52. The molecule has 0 saturated carbocycles. The molecule has 5 heteroatoms. The van der Waals surface area contributed by atoms with Crippen LogP contribution in [0.5, 0.6) is 0 Å². The number of carboxylic acids is 2. The molecule has 3 rings (SSSR count). The second-order valence-corrected chi connectivity index (χ2v) is 4.87. The summed E-state index contributed by atoms with van der Waals surface area (Å²) in [6.07, 6.45) is 0.651. The van der Waals surface area contributed by atoms with E-state index in [1.54, 1.807) is 12.1 Å². The maximum Gasteiger partial charge on any atom is 0.0715 e. The van der Waals surface area contributed by atoms with Gasteiger partial charge in [-0.2, -0.15) is 0 Å². The van der Waals surface area contributed by atoms with Gasteiger partial charge >= 0.3 is 0 Å². The number of aromatic amines is 1. The Bertz CT molecular complexity index is 892. The third-order valence-electron chi connectivity index (χ3n) is 3.64. The third-order valence-corrected chi connectivity index (χ3v) is 3.64. The van der Waals surface area contributed by atoms with Gasteiger partial charge in [-0.25, -0.2) is 0 Å². The number of carboxylic acid groups (broad SMARTS) is 2. The van der Waals surface area contributed by atoms with E-state index < -0.39 is 11.9 Å². The Labute approximate surface area is 119 Å². The van der Waals surface area contributed by atoms with Gasteiger partial charge in [0.05, 0.1) is 11.9 Å². The lowest BCUT2D eigenvalue weighted by Crippen LogP contribution is -2.22. The Morgan fingerprint density at radius 2 is 1.67 bits per heavy atom. The number of H-pyrrole nitrogens is 1. The van der Waals surface area contributed by atoms with Gasteiger partial charge < -0.3 is 24.8 Å². The Balaban J connectivity index is 2.43. The van der Waals surface area contributed by atoms with Crippen molar-refractivity contribution in [1.82, 2.24) is 4.98 Å². The number of carbonyl (C=O) groups is 2. The number of aromatic carboxylic acids is 2. The molecule has 0 aliphatic carbocycles. The van der Waals surface area contributed by atoms with Crippen LogP contribution in [-0.4, -0.2) is 16.9 Å². The highest BCUT2D eigenvalue weighted by Gasteiger charge is 2.11. The van der Waals surface area contributed by atoms with Crippen molar-refractivity contribution in [2.24, 2.45) is 0 Å². The van der Waals surface area contributed by atoms with Crippen molar-refractivity contribution in [2.45, 2.75) is 13.3 Å². The van der Waals surface area contributed by atoms with Crippen molar-refractivity contribution in [3.05, 3.63) is 47.0 Å². The van der Waals surface area contributed by atoms with Crippen LogP contribution in [-0.2, 0) is 6.42 Å². The normalized spacial score (nSPS) is 11.1. The number of hydrogen-bond donors (Lipinski definition) is 1. The SMILES string of the molecule is CCc1cc(C(=O)[O-])cc2c1[nH]c1ccc(C(=O)[O-])cc12. The quantitative estimate of drug-likeness (QED) is 0.760. The van der Waals surface area contributed by atoms with Crippen LogP contribution in [0.1, 0.15) is 33.2 Å². The number of benzene rings is 2. The van der Waals surface area contributed by atoms with Crippen LogP contribution in [0.25, 0.3) is 21.8 Å². The van der Waals surface area contributed by atoms with Gasteiger partial charge in [-0.05, 0) is 47.4 Å². The number of hydrogen-bond acceptors (Lipinski definition) is 4. The maximum absolute atomic E-state index is 11.1. The molecule has 2 aromatic carbocycles. The molecule has 0 radical (unpaired) electrons. The lowest BCUT2D eigenvalue weighted by molar-refractivity contribution is -0.256. The van der Waals surface area contributed by atoms with E-state index in [2.05, 4.69) is 4.98 Å². The molecule has 0 bridgehead atoms. The van der Waals surface area contributed by atoms with E-state index in [4.69, 9.17) is 0 Å². The summed E-state index contributed by atoms with van der Waals surface area (Å²) in [5.41, 5.74) is 2.55. The van der Waals surface area contributed by atoms with Crippen molar-refractivity contribution in [2.75, 3.05) is 0 Å². The summed E-state index contributed by atoms with van der Waals surface area (Å²) in [5, 5.41) is 23.4. The zero-order valence-corrected chi connectivity index (χ0v) is 11.2. The molecule has 0 fully saturated rings. The summed E-state index contributed by atoms with van der Waals surface area (Å²) in [4.78, 5) is 25.3. The first-order chi connectivity index (χ1) is 10.0. The van der Waals surface area contributed by atoms with Gasteiger partial charge in [0.25, 0.3) is 0 Å². The first-order valence-corrected chi connectivity index (χ1v) is 6.52. The standard InChI is InChI=1S/C16H13NO4/c1-2-8-5-10(16(20)21)7-12-11-6-9(15(18)19)3-4-13(11)17-14(8)12/h3-7,17H,2H2,1H3,(H,18,19)(H,20,21)/p-2. The Hall–Kier alpha value is -2.82. The van der Waals surface area contributed by atoms with Crippen LogP contribution in [0, 0.1) is 0 Å². The zero-order valence-electron chi connectivity index (χ0n) is 11.2. The average Bonchev–Trinajstić information content (AvgIpc) is 2.83. The molecule has 1 N–H and O–H groups in total.